The largest absolute Gasteiger partial charge is 0.393 e. The van der Waals surface area contributed by atoms with Crippen LogP contribution in [0.1, 0.15) is 78.7 Å². The average molecular weight is 467 g/mol. The van der Waals surface area contributed by atoms with Crippen LogP contribution in [0.25, 0.3) is 0 Å². The molecule has 1 saturated heterocycles. The van der Waals surface area contributed by atoms with E-state index in [9.17, 15) is 9.90 Å². The van der Waals surface area contributed by atoms with Gasteiger partial charge in [0.2, 0.25) is 0 Å². The lowest BCUT2D eigenvalue weighted by molar-refractivity contribution is 0.0996. The minimum Gasteiger partial charge on any atom is -0.393 e. The number of aromatic nitrogens is 2. The van der Waals surface area contributed by atoms with Crippen LogP contribution in [0.2, 0.25) is 0 Å². The van der Waals surface area contributed by atoms with Crippen molar-refractivity contribution in [3.63, 3.8) is 0 Å². The molecule has 34 heavy (non-hydrogen) atoms. The van der Waals surface area contributed by atoms with Crippen LogP contribution in [0, 0.1) is 6.92 Å². The topological polar surface area (TPSA) is 116 Å². The second-order valence-corrected chi connectivity index (χ2v) is 9.86. The minimum absolute atomic E-state index is 0.151. The first-order chi connectivity index (χ1) is 16.3. The number of piperidine rings is 1. The van der Waals surface area contributed by atoms with E-state index in [-0.39, 0.29) is 17.8 Å². The number of aliphatic hydroxyl groups is 1. The lowest BCUT2D eigenvalue weighted by Crippen LogP contribution is -2.29. The molecule has 0 bridgehead atoms. The second kappa shape index (κ2) is 10.7. The predicted octanol–water partition coefficient (Wildman–Crippen LogP) is 3.71. The molecule has 0 atom stereocenters. The molecule has 1 aliphatic heterocycles. The van der Waals surface area contributed by atoms with E-state index in [1.165, 1.54) is 24.0 Å². The molecule has 1 amide bonds. The molecule has 1 aliphatic carbocycles. The molecular formula is C26H38N6O2. The normalized spacial score (nSPS) is 21.9. The first kappa shape index (κ1) is 24.4. The van der Waals surface area contributed by atoms with E-state index < -0.39 is 5.91 Å². The minimum atomic E-state index is -0.600. The Kier molecular flexibility index (Phi) is 7.68. The van der Waals surface area contributed by atoms with Crippen molar-refractivity contribution in [3.8, 4) is 0 Å². The molecule has 5 N–H and O–H groups in total. The molecule has 8 heteroatoms. The Hall–Kier alpha value is -2.71. The number of aliphatic hydroxyl groups excluding tert-OH is 1. The molecule has 2 fully saturated rings. The molecule has 8 nitrogen and oxygen atoms in total. The Balaban J connectivity index is 1.57. The number of nitrogens with zero attached hydrogens (tertiary/aromatic N) is 3. The Labute approximate surface area is 202 Å². The summed E-state index contributed by atoms with van der Waals surface area (Å²) in [7, 11) is 2.18. The third kappa shape index (κ3) is 5.67. The summed E-state index contributed by atoms with van der Waals surface area (Å²) in [6.45, 7) is 6.38. The van der Waals surface area contributed by atoms with Gasteiger partial charge >= 0.3 is 0 Å². The molecule has 1 aromatic heterocycles. The van der Waals surface area contributed by atoms with Gasteiger partial charge in [-0.1, -0.05) is 13.0 Å². The zero-order valence-corrected chi connectivity index (χ0v) is 20.6. The van der Waals surface area contributed by atoms with E-state index in [4.69, 9.17) is 10.7 Å². The molecule has 2 aliphatic rings. The van der Waals surface area contributed by atoms with Gasteiger partial charge in [0.25, 0.3) is 5.91 Å². The van der Waals surface area contributed by atoms with Crippen LogP contribution >= 0.6 is 0 Å². The molecule has 2 aromatic rings. The fourth-order valence-electron chi connectivity index (χ4n) is 5.17. The third-order valence-electron chi connectivity index (χ3n) is 7.26. The van der Waals surface area contributed by atoms with Gasteiger partial charge in [0.15, 0.2) is 11.5 Å². The zero-order valence-electron chi connectivity index (χ0n) is 20.6. The number of hydrogen-bond acceptors (Lipinski definition) is 7. The summed E-state index contributed by atoms with van der Waals surface area (Å²) in [5.41, 5.74) is 10.0. The average Bonchev–Trinajstić information content (AvgIpc) is 2.81. The van der Waals surface area contributed by atoms with Crippen molar-refractivity contribution < 1.29 is 9.90 Å². The van der Waals surface area contributed by atoms with Gasteiger partial charge in [-0.05, 0) is 101 Å². The second-order valence-electron chi connectivity index (χ2n) is 9.86. The van der Waals surface area contributed by atoms with Crippen molar-refractivity contribution in [2.75, 3.05) is 30.8 Å². The first-order valence-electron chi connectivity index (χ1n) is 12.6. The monoisotopic (exact) mass is 466 g/mol. The first-order valence-corrected chi connectivity index (χ1v) is 12.6. The summed E-state index contributed by atoms with van der Waals surface area (Å²) in [5, 5.41) is 16.6. The number of carbonyl (C=O) groups excluding carboxylic acids is 1. The maximum Gasteiger partial charge on any atom is 0.271 e. The molecule has 184 valence electrons. The van der Waals surface area contributed by atoms with Crippen molar-refractivity contribution >= 4 is 23.2 Å². The van der Waals surface area contributed by atoms with E-state index in [0.717, 1.165) is 50.2 Å². The smallest absolute Gasteiger partial charge is 0.271 e. The fraction of sp³-hybridized carbons (Fsp3) is 0.577. The summed E-state index contributed by atoms with van der Waals surface area (Å²) < 4.78 is 0. The van der Waals surface area contributed by atoms with Crippen molar-refractivity contribution in [2.24, 2.45) is 5.73 Å². The Morgan fingerprint density at radius 1 is 1.12 bits per heavy atom. The number of benzene rings is 1. The predicted molar refractivity (Wildman–Crippen MR) is 136 cm³/mol. The maximum atomic E-state index is 12.2. The van der Waals surface area contributed by atoms with Crippen molar-refractivity contribution in [1.29, 1.82) is 0 Å². The molecular weight excluding hydrogens is 428 g/mol. The van der Waals surface area contributed by atoms with Crippen LogP contribution in [0.4, 0.5) is 17.3 Å². The quantitative estimate of drug-likeness (QED) is 0.491. The van der Waals surface area contributed by atoms with E-state index in [2.05, 4.69) is 52.7 Å². The summed E-state index contributed by atoms with van der Waals surface area (Å²) in [4.78, 5) is 23.9. The Morgan fingerprint density at radius 3 is 2.44 bits per heavy atom. The zero-order chi connectivity index (χ0) is 24.2. The number of aryl methyl sites for hydroxylation is 2. The molecule has 4 rings (SSSR count). The summed E-state index contributed by atoms with van der Waals surface area (Å²) >= 11 is 0. The summed E-state index contributed by atoms with van der Waals surface area (Å²) in [6.07, 6.45) is 6.08. The summed E-state index contributed by atoms with van der Waals surface area (Å²) in [6, 6.07) is 6.59. The molecule has 0 spiro atoms. The number of anilines is 3. The standard InChI is InChI=1S/C26H38N6O2/c1-4-22-25(28-18-5-8-20(33)9-6-18)31-26(23(30-22)24(27)34)29-19-7-10-21(16(2)15-19)17-11-13-32(3)14-12-17/h7,10,15,17-18,20,33H,4-6,8-9,11-14H2,1-3H3,(H2,27,34)(H2,28,29,31). The fourth-order valence-corrected chi connectivity index (χ4v) is 5.17. The Morgan fingerprint density at radius 2 is 1.82 bits per heavy atom. The van der Waals surface area contributed by atoms with Crippen molar-refractivity contribution in [1.82, 2.24) is 14.9 Å². The maximum absolute atomic E-state index is 12.2. The number of primary amides is 1. The van der Waals surface area contributed by atoms with E-state index in [1.54, 1.807) is 0 Å². The van der Waals surface area contributed by atoms with Crippen molar-refractivity contribution in [3.05, 3.63) is 40.7 Å². The van der Waals surface area contributed by atoms with Crippen molar-refractivity contribution in [2.45, 2.75) is 76.9 Å². The Bertz CT molecular complexity index is 1010. The van der Waals surface area contributed by atoms with Crippen LogP contribution in [0.15, 0.2) is 18.2 Å². The number of nitrogens with one attached hydrogen (secondary N) is 2. The molecule has 0 radical (unpaired) electrons. The van der Waals surface area contributed by atoms with E-state index >= 15 is 0 Å². The number of likely N-dealkylation sites (tertiary alicyclic amines) is 1. The van der Waals surface area contributed by atoms with Crippen LogP contribution in [0.3, 0.4) is 0 Å². The number of amides is 1. The van der Waals surface area contributed by atoms with Gasteiger partial charge < -0.3 is 26.4 Å². The molecule has 2 heterocycles. The number of carbonyl (C=O) groups is 1. The van der Waals surface area contributed by atoms with Crippen LogP contribution in [0.5, 0.6) is 0 Å². The number of hydrogen-bond donors (Lipinski definition) is 4. The van der Waals surface area contributed by atoms with E-state index in [1.807, 2.05) is 6.92 Å². The third-order valence-corrected chi connectivity index (χ3v) is 7.26. The van der Waals surface area contributed by atoms with Gasteiger partial charge in [0, 0.05) is 11.7 Å². The van der Waals surface area contributed by atoms with Crippen LogP contribution in [-0.4, -0.2) is 58.2 Å². The lowest BCUT2D eigenvalue weighted by atomic mass is 9.87. The lowest BCUT2D eigenvalue weighted by Gasteiger charge is -2.30. The molecule has 1 aromatic carbocycles. The highest BCUT2D eigenvalue weighted by molar-refractivity contribution is 5.96. The van der Waals surface area contributed by atoms with Gasteiger partial charge in [-0.25, -0.2) is 9.97 Å². The summed E-state index contributed by atoms with van der Waals surface area (Å²) in [5.74, 6) is 1.03. The van der Waals surface area contributed by atoms with Gasteiger partial charge in [-0.2, -0.15) is 0 Å². The molecule has 1 saturated carbocycles. The van der Waals surface area contributed by atoms with Gasteiger partial charge in [-0.15, -0.1) is 0 Å². The van der Waals surface area contributed by atoms with Gasteiger partial charge in [0.1, 0.15) is 5.82 Å². The number of rotatable bonds is 7. The highest BCUT2D eigenvalue weighted by atomic mass is 16.3. The molecule has 0 unspecified atom stereocenters. The van der Waals surface area contributed by atoms with Gasteiger partial charge in [0.05, 0.1) is 11.8 Å². The van der Waals surface area contributed by atoms with Crippen LogP contribution < -0.4 is 16.4 Å². The van der Waals surface area contributed by atoms with Crippen LogP contribution in [-0.2, 0) is 6.42 Å². The highest BCUT2D eigenvalue weighted by Crippen LogP contribution is 2.32. The highest BCUT2D eigenvalue weighted by Gasteiger charge is 2.24. The van der Waals surface area contributed by atoms with E-state index in [0.29, 0.717) is 24.0 Å². The number of nitrogens with two attached hydrogens (primary N) is 1. The SMILES string of the molecule is CCc1nc(C(N)=O)c(Nc2ccc(C3CCN(C)CC3)c(C)c2)nc1NC1CCC(O)CC1. The van der Waals surface area contributed by atoms with Gasteiger partial charge in [-0.3, -0.25) is 4.79 Å².